The van der Waals surface area contributed by atoms with Crippen molar-refractivity contribution in [3.05, 3.63) is 30.0 Å². The summed E-state index contributed by atoms with van der Waals surface area (Å²) < 4.78 is 7.85. The van der Waals surface area contributed by atoms with Gasteiger partial charge >= 0.3 is 0 Å². The number of aryl methyl sites for hydroxylation is 1. The first-order valence-electron chi connectivity index (χ1n) is 8.02. The quantitative estimate of drug-likeness (QED) is 0.812. The van der Waals surface area contributed by atoms with Crippen LogP contribution in [0.1, 0.15) is 39.3 Å². The molecule has 2 atom stereocenters. The van der Waals surface area contributed by atoms with Crippen LogP contribution in [0.2, 0.25) is 0 Å². The molecule has 0 spiro atoms. The van der Waals surface area contributed by atoms with Gasteiger partial charge in [0.05, 0.1) is 17.3 Å². The Balaban J connectivity index is 2.22. The monoisotopic (exact) mass is 289 g/mol. The van der Waals surface area contributed by atoms with Crippen molar-refractivity contribution < 1.29 is 4.74 Å². The largest absolute Gasteiger partial charge is 0.377 e. The smallest absolute Gasteiger partial charge is 0.0729 e. The molecule has 0 radical (unpaired) electrons. The van der Waals surface area contributed by atoms with Gasteiger partial charge < -0.3 is 10.5 Å². The first kappa shape index (κ1) is 16.0. The number of aromatic nitrogens is 2. The van der Waals surface area contributed by atoms with Crippen LogP contribution in [0.3, 0.4) is 0 Å². The third kappa shape index (κ3) is 3.63. The fraction of sp³-hybridized carbons (Fsp3) is 0.588. The van der Waals surface area contributed by atoms with Gasteiger partial charge in [-0.3, -0.25) is 4.68 Å². The lowest BCUT2D eigenvalue weighted by molar-refractivity contribution is 0.0377. The average Bonchev–Trinajstić information content (AvgIpc) is 2.85. The fourth-order valence-corrected chi connectivity index (χ4v) is 2.86. The Labute approximate surface area is 127 Å². The van der Waals surface area contributed by atoms with Crippen LogP contribution in [0.5, 0.6) is 0 Å². The molecule has 4 heteroatoms. The highest BCUT2D eigenvalue weighted by Crippen LogP contribution is 2.21. The van der Waals surface area contributed by atoms with Gasteiger partial charge in [0, 0.05) is 31.0 Å². The van der Waals surface area contributed by atoms with E-state index in [1.807, 2.05) is 11.6 Å². The van der Waals surface area contributed by atoms with Crippen molar-refractivity contribution in [1.82, 2.24) is 9.78 Å². The zero-order valence-corrected chi connectivity index (χ0v) is 13.4. The van der Waals surface area contributed by atoms with E-state index in [-0.39, 0.29) is 12.1 Å². The minimum Gasteiger partial charge on any atom is -0.377 e. The highest BCUT2D eigenvalue weighted by atomic mass is 16.5. The predicted octanol–water partition coefficient (Wildman–Crippen LogP) is 3.13. The molecule has 2 rings (SSSR count). The summed E-state index contributed by atoms with van der Waals surface area (Å²) in [4.78, 5) is 0. The number of ether oxygens (including phenoxy) is 1. The van der Waals surface area contributed by atoms with E-state index in [2.05, 4.69) is 38.1 Å². The van der Waals surface area contributed by atoms with Crippen LogP contribution >= 0.6 is 0 Å². The van der Waals surface area contributed by atoms with Crippen LogP contribution in [0, 0.1) is 0 Å². The van der Waals surface area contributed by atoms with Crippen LogP contribution in [0.15, 0.2) is 24.3 Å². The number of nitrogens with zero attached hydrogens (tertiary/aromatic N) is 2. The lowest BCUT2D eigenvalue weighted by atomic mass is 10.0. The van der Waals surface area contributed by atoms with E-state index in [0.29, 0.717) is 6.61 Å². The SMILES string of the molecule is CCCC(OCC)C(N)Cc1nn(CC)c2ccccc12. The summed E-state index contributed by atoms with van der Waals surface area (Å²) >= 11 is 0. The third-order valence-electron chi connectivity index (χ3n) is 3.89. The Bertz CT molecular complexity index is 558. The fourth-order valence-electron chi connectivity index (χ4n) is 2.86. The van der Waals surface area contributed by atoms with Crippen molar-refractivity contribution in [3.63, 3.8) is 0 Å². The molecule has 2 N–H and O–H groups in total. The van der Waals surface area contributed by atoms with E-state index in [4.69, 9.17) is 15.6 Å². The zero-order valence-electron chi connectivity index (χ0n) is 13.4. The average molecular weight is 289 g/mol. The molecule has 1 heterocycles. The summed E-state index contributed by atoms with van der Waals surface area (Å²) in [5.74, 6) is 0. The van der Waals surface area contributed by atoms with Gasteiger partial charge in [-0.2, -0.15) is 5.10 Å². The molecular formula is C17H27N3O. The topological polar surface area (TPSA) is 53.1 Å². The lowest BCUT2D eigenvalue weighted by Crippen LogP contribution is -2.38. The molecule has 0 fully saturated rings. The van der Waals surface area contributed by atoms with Gasteiger partial charge in [0.1, 0.15) is 0 Å². The summed E-state index contributed by atoms with van der Waals surface area (Å²) in [7, 11) is 0. The summed E-state index contributed by atoms with van der Waals surface area (Å²) in [6.07, 6.45) is 2.97. The molecular weight excluding hydrogens is 262 g/mol. The summed E-state index contributed by atoms with van der Waals surface area (Å²) in [5.41, 5.74) is 8.66. The molecule has 4 nitrogen and oxygen atoms in total. The molecule has 21 heavy (non-hydrogen) atoms. The number of hydrogen-bond acceptors (Lipinski definition) is 3. The van der Waals surface area contributed by atoms with E-state index in [9.17, 15) is 0 Å². The Morgan fingerprint density at radius 3 is 2.67 bits per heavy atom. The normalized spacial score (nSPS) is 14.5. The minimum atomic E-state index is -0.00601. The van der Waals surface area contributed by atoms with E-state index in [1.54, 1.807) is 0 Å². The molecule has 0 saturated carbocycles. The summed E-state index contributed by atoms with van der Waals surface area (Å²) in [6.45, 7) is 7.89. The van der Waals surface area contributed by atoms with Crippen LogP contribution in [0.25, 0.3) is 10.9 Å². The predicted molar refractivity (Wildman–Crippen MR) is 87.4 cm³/mol. The summed E-state index contributed by atoms with van der Waals surface area (Å²) in [6, 6.07) is 8.36. The molecule has 0 aliphatic rings. The highest BCUT2D eigenvalue weighted by molar-refractivity contribution is 5.82. The van der Waals surface area contributed by atoms with Crippen molar-refractivity contribution >= 4 is 10.9 Å². The van der Waals surface area contributed by atoms with Crippen LogP contribution < -0.4 is 5.73 Å². The van der Waals surface area contributed by atoms with Crippen molar-refractivity contribution in [2.45, 2.75) is 58.7 Å². The standard InChI is InChI=1S/C17H27N3O/c1-4-9-17(21-6-3)14(18)12-15-13-10-7-8-11-16(13)20(5-2)19-15/h7-8,10-11,14,17H,4-6,9,12,18H2,1-3H3. The van der Waals surface area contributed by atoms with Crippen LogP contribution in [-0.4, -0.2) is 28.5 Å². The molecule has 1 aromatic carbocycles. The Kier molecular flexibility index (Phi) is 5.76. The zero-order chi connectivity index (χ0) is 15.2. The van der Waals surface area contributed by atoms with Gasteiger partial charge in [-0.25, -0.2) is 0 Å². The van der Waals surface area contributed by atoms with E-state index in [0.717, 1.165) is 31.5 Å². The number of rotatable bonds is 8. The van der Waals surface area contributed by atoms with Crippen molar-refractivity contribution in [2.24, 2.45) is 5.73 Å². The maximum absolute atomic E-state index is 6.39. The number of fused-ring (bicyclic) bond motifs is 1. The Hall–Kier alpha value is -1.39. The number of benzene rings is 1. The lowest BCUT2D eigenvalue weighted by Gasteiger charge is -2.22. The molecule has 0 aliphatic carbocycles. The first-order chi connectivity index (χ1) is 10.2. The third-order valence-corrected chi connectivity index (χ3v) is 3.89. The number of nitrogens with two attached hydrogens (primary N) is 1. The molecule has 116 valence electrons. The molecule has 0 bridgehead atoms. The van der Waals surface area contributed by atoms with Crippen molar-refractivity contribution in [1.29, 1.82) is 0 Å². The Morgan fingerprint density at radius 1 is 1.24 bits per heavy atom. The molecule has 2 unspecified atom stereocenters. The first-order valence-corrected chi connectivity index (χ1v) is 8.02. The molecule has 2 aromatic rings. The van der Waals surface area contributed by atoms with Gasteiger partial charge in [-0.05, 0) is 26.3 Å². The number of hydrogen-bond donors (Lipinski definition) is 1. The van der Waals surface area contributed by atoms with E-state index in [1.165, 1.54) is 10.9 Å². The van der Waals surface area contributed by atoms with Crippen molar-refractivity contribution in [3.8, 4) is 0 Å². The maximum atomic E-state index is 6.39. The second-order valence-corrected chi connectivity index (χ2v) is 5.43. The van der Waals surface area contributed by atoms with Gasteiger partial charge in [0.15, 0.2) is 0 Å². The molecule has 0 aliphatic heterocycles. The Morgan fingerprint density at radius 2 is 2.00 bits per heavy atom. The van der Waals surface area contributed by atoms with Gasteiger partial charge in [-0.1, -0.05) is 31.5 Å². The maximum Gasteiger partial charge on any atom is 0.0729 e. The molecule has 0 amide bonds. The number of para-hydroxylation sites is 1. The van der Waals surface area contributed by atoms with E-state index < -0.39 is 0 Å². The van der Waals surface area contributed by atoms with Crippen molar-refractivity contribution in [2.75, 3.05) is 6.61 Å². The van der Waals surface area contributed by atoms with Crippen LogP contribution in [0.4, 0.5) is 0 Å². The van der Waals surface area contributed by atoms with Gasteiger partial charge in [0.2, 0.25) is 0 Å². The molecule has 0 saturated heterocycles. The second kappa shape index (κ2) is 7.57. The molecule has 1 aromatic heterocycles. The summed E-state index contributed by atoms with van der Waals surface area (Å²) in [5, 5.41) is 5.94. The van der Waals surface area contributed by atoms with E-state index >= 15 is 0 Å². The second-order valence-electron chi connectivity index (χ2n) is 5.43. The minimum absolute atomic E-state index is 0.00601. The van der Waals surface area contributed by atoms with Crippen LogP contribution in [-0.2, 0) is 17.7 Å². The van der Waals surface area contributed by atoms with Gasteiger partial charge in [0.25, 0.3) is 0 Å². The highest BCUT2D eigenvalue weighted by Gasteiger charge is 2.20. The van der Waals surface area contributed by atoms with Gasteiger partial charge in [-0.15, -0.1) is 0 Å².